The van der Waals surface area contributed by atoms with Gasteiger partial charge in [-0.15, -0.1) is 21.5 Å². The maximum atomic E-state index is 12.2. The Morgan fingerprint density at radius 2 is 2.17 bits per heavy atom. The lowest BCUT2D eigenvalue weighted by atomic mass is 10.1. The van der Waals surface area contributed by atoms with Crippen molar-refractivity contribution in [1.29, 1.82) is 0 Å². The van der Waals surface area contributed by atoms with Gasteiger partial charge >= 0.3 is 5.97 Å². The van der Waals surface area contributed by atoms with E-state index >= 15 is 0 Å². The Morgan fingerprint density at radius 1 is 1.30 bits per heavy atom. The third-order valence-corrected chi connectivity index (χ3v) is 5.69. The van der Waals surface area contributed by atoms with E-state index in [0.717, 1.165) is 15.8 Å². The fourth-order valence-corrected chi connectivity index (χ4v) is 4.28. The largest absolute Gasteiger partial charge is 0.489 e. The number of ether oxygens (including phenoxy) is 2. The van der Waals surface area contributed by atoms with Gasteiger partial charge in [-0.1, -0.05) is 23.7 Å². The zero-order valence-corrected chi connectivity index (χ0v) is 17.9. The van der Waals surface area contributed by atoms with Crippen molar-refractivity contribution in [1.82, 2.24) is 25.2 Å². The molecule has 30 heavy (non-hydrogen) atoms. The van der Waals surface area contributed by atoms with Crippen LogP contribution >= 0.6 is 22.9 Å². The number of carbonyl (C=O) groups excluding carboxylic acids is 1. The summed E-state index contributed by atoms with van der Waals surface area (Å²) in [6, 6.07) is 7.48. The molecule has 0 aliphatic rings. The fraction of sp³-hybridized carbons (Fsp3) is 0.250. The molecule has 3 aromatic heterocycles. The van der Waals surface area contributed by atoms with Gasteiger partial charge in [-0.2, -0.15) is 4.80 Å². The first-order valence-electron chi connectivity index (χ1n) is 9.33. The highest BCUT2D eigenvalue weighted by atomic mass is 35.5. The van der Waals surface area contributed by atoms with Crippen LogP contribution in [0.5, 0.6) is 5.75 Å². The minimum atomic E-state index is -0.415. The van der Waals surface area contributed by atoms with Crippen molar-refractivity contribution in [2.45, 2.75) is 27.0 Å². The molecular formula is C20H18ClN5O3S. The van der Waals surface area contributed by atoms with Crippen LogP contribution in [0.1, 0.15) is 29.8 Å². The lowest BCUT2D eigenvalue weighted by molar-refractivity contribution is 0.0528. The van der Waals surface area contributed by atoms with Gasteiger partial charge in [0, 0.05) is 22.7 Å². The van der Waals surface area contributed by atoms with Crippen LogP contribution in [0.15, 0.2) is 35.8 Å². The van der Waals surface area contributed by atoms with Crippen LogP contribution in [0.2, 0.25) is 5.15 Å². The Labute approximate surface area is 181 Å². The van der Waals surface area contributed by atoms with Gasteiger partial charge in [0.15, 0.2) is 0 Å². The fourth-order valence-electron chi connectivity index (χ4n) is 2.90. The second-order valence-corrected chi connectivity index (χ2v) is 7.50. The van der Waals surface area contributed by atoms with Gasteiger partial charge in [-0.05, 0) is 36.6 Å². The summed E-state index contributed by atoms with van der Waals surface area (Å²) in [5, 5.41) is 15.3. The summed E-state index contributed by atoms with van der Waals surface area (Å²) in [6.45, 7) is 4.92. The van der Waals surface area contributed by atoms with E-state index < -0.39 is 5.97 Å². The summed E-state index contributed by atoms with van der Waals surface area (Å²) in [4.78, 5) is 17.9. The van der Waals surface area contributed by atoms with E-state index in [1.54, 1.807) is 6.92 Å². The van der Waals surface area contributed by atoms with E-state index in [2.05, 4.69) is 20.4 Å². The molecule has 0 fully saturated rings. The highest BCUT2D eigenvalue weighted by Gasteiger charge is 2.19. The molecular weight excluding hydrogens is 426 g/mol. The Hall–Kier alpha value is -3.04. The predicted molar refractivity (Wildman–Crippen MR) is 114 cm³/mol. The third-order valence-electron chi connectivity index (χ3n) is 4.34. The van der Waals surface area contributed by atoms with Gasteiger partial charge in [0.2, 0.25) is 5.82 Å². The minimum Gasteiger partial charge on any atom is -0.489 e. The first-order valence-corrected chi connectivity index (χ1v) is 10.6. The number of pyridine rings is 1. The van der Waals surface area contributed by atoms with Crippen LogP contribution in [-0.4, -0.2) is 37.8 Å². The number of aromatic nitrogens is 5. The van der Waals surface area contributed by atoms with Crippen LogP contribution in [-0.2, 0) is 17.9 Å². The van der Waals surface area contributed by atoms with E-state index in [1.165, 1.54) is 22.3 Å². The summed E-state index contributed by atoms with van der Waals surface area (Å²) in [7, 11) is 0. The standard InChI is InChI=1S/C20H18ClN5O3S/c1-3-26-24-19(23-25-26)12-6-5-7-14(8-12)29-10-13-11-30-17-15(20(27)28-4-2)9-22-18(21)16(13)17/h5-9,11H,3-4,10H2,1-2H3. The molecule has 0 N–H and O–H groups in total. The molecule has 0 saturated carbocycles. The van der Waals surface area contributed by atoms with Crippen LogP contribution in [0, 0.1) is 0 Å². The maximum absolute atomic E-state index is 12.2. The number of hydrogen-bond acceptors (Lipinski definition) is 8. The van der Waals surface area contributed by atoms with Crippen molar-refractivity contribution >= 4 is 39.0 Å². The smallest absolute Gasteiger partial charge is 0.341 e. The lowest BCUT2D eigenvalue weighted by Crippen LogP contribution is -2.05. The SMILES string of the molecule is CCOC(=O)c1cnc(Cl)c2c(COc3cccc(-c4nnn(CC)n4)c3)csc12. The number of thiophene rings is 1. The molecule has 0 atom stereocenters. The molecule has 0 aliphatic heterocycles. The van der Waals surface area contributed by atoms with Gasteiger partial charge in [-0.25, -0.2) is 9.78 Å². The summed E-state index contributed by atoms with van der Waals surface area (Å²) in [5.41, 5.74) is 2.06. The number of carbonyl (C=O) groups is 1. The molecule has 4 aromatic rings. The zero-order chi connectivity index (χ0) is 21.1. The average molecular weight is 444 g/mol. The molecule has 0 aliphatic carbocycles. The zero-order valence-electron chi connectivity index (χ0n) is 16.3. The molecule has 0 bridgehead atoms. The van der Waals surface area contributed by atoms with Crippen molar-refractivity contribution in [2.75, 3.05) is 6.61 Å². The van der Waals surface area contributed by atoms with Gasteiger partial charge in [-0.3, -0.25) is 0 Å². The molecule has 0 spiro atoms. The highest BCUT2D eigenvalue weighted by Crippen LogP contribution is 2.34. The number of nitrogens with zero attached hydrogens (tertiary/aromatic N) is 5. The van der Waals surface area contributed by atoms with Crippen LogP contribution < -0.4 is 4.74 Å². The van der Waals surface area contributed by atoms with Crippen molar-refractivity contribution in [3.63, 3.8) is 0 Å². The second kappa shape index (κ2) is 8.76. The molecule has 1 aromatic carbocycles. The van der Waals surface area contributed by atoms with Crippen molar-refractivity contribution in [2.24, 2.45) is 0 Å². The average Bonchev–Trinajstić information content (AvgIpc) is 3.41. The number of aryl methyl sites for hydroxylation is 1. The van der Waals surface area contributed by atoms with E-state index in [0.29, 0.717) is 40.8 Å². The second-order valence-electron chi connectivity index (χ2n) is 6.27. The third kappa shape index (κ3) is 3.99. The monoisotopic (exact) mass is 443 g/mol. The number of tetrazole rings is 1. The van der Waals surface area contributed by atoms with Crippen molar-refractivity contribution in [3.05, 3.63) is 52.1 Å². The number of halogens is 1. The van der Waals surface area contributed by atoms with Gasteiger partial charge in [0.1, 0.15) is 17.5 Å². The molecule has 0 radical (unpaired) electrons. The predicted octanol–water partition coefficient (Wildman–Crippen LogP) is 4.38. The number of benzene rings is 1. The Balaban J connectivity index is 1.58. The molecule has 0 amide bonds. The number of hydrogen-bond donors (Lipinski definition) is 0. The Morgan fingerprint density at radius 3 is 2.93 bits per heavy atom. The molecule has 8 nitrogen and oxygen atoms in total. The number of esters is 1. The summed E-state index contributed by atoms with van der Waals surface area (Å²) in [5.74, 6) is 0.779. The van der Waals surface area contributed by atoms with Crippen LogP contribution in [0.4, 0.5) is 0 Å². The number of fused-ring (bicyclic) bond motifs is 1. The van der Waals surface area contributed by atoms with Crippen LogP contribution in [0.25, 0.3) is 21.5 Å². The molecule has 0 saturated heterocycles. The minimum absolute atomic E-state index is 0.270. The van der Waals surface area contributed by atoms with Gasteiger partial charge in [0.05, 0.1) is 23.4 Å². The molecule has 10 heteroatoms. The normalized spacial score (nSPS) is 11.0. The van der Waals surface area contributed by atoms with E-state index in [4.69, 9.17) is 21.1 Å². The van der Waals surface area contributed by atoms with Gasteiger partial charge < -0.3 is 9.47 Å². The Kier molecular flexibility index (Phi) is 5.91. The summed E-state index contributed by atoms with van der Waals surface area (Å²) < 4.78 is 11.8. The topological polar surface area (TPSA) is 92.0 Å². The number of rotatable bonds is 7. The van der Waals surface area contributed by atoms with Crippen LogP contribution in [0.3, 0.4) is 0 Å². The summed E-state index contributed by atoms with van der Waals surface area (Å²) in [6.07, 6.45) is 1.45. The van der Waals surface area contributed by atoms with Crippen molar-refractivity contribution in [3.8, 4) is 17.1 Å². The quantitative estimate of drug-likeness (QED) is 0.309. The lowest BCUT2D eigenvalue weighted by Gasteiger charge is -2.08. The highest BCUT2D eigenvalue weighted by molar-refractivity contribution is 7.17. The molecule has 154 valence electrons. The van der Waals surface area contributed by atoms with E-state index in [9.17, 15) is 4.79 Å². The van der Waals surface area contributed by atoms with Crippen molar-refractivity contribution < 1.29 is 14.3 Å². The molecule has 0 unspecified atom stereocenters. The van der Waals surface area contributed by atoms with E-state index in [-0.39, 0.29) is 6.61 Å². The first-order chi connectivity index (χ1) is 14.6. The summed E-state index contributed by atoms with van der Waals surface area (Å²) >= 11 is 7.74. The molecule has 3 heterocycles. The molecule has 4 rings (SSSR count). The Bertz CT molecular complexity index is 1210. The first kappa shape index (κ1) is 20.2. The maximum Gasteiger partial charge on any atom is 0.341 e. The van der Waals surface area contributed by atoms with E-state index in [1.807, 2.05) is 36.6 Å². The van der Waals surface area contributed by atoms with Gasteiger partial charge in [0.25, 0.3) is 0 Å².